The maximum absolute atomic E-state index is 12.4. The van der Waals surface area contributed by atoms with Crippen molar-refractivity contribution in [1.82, 2.24) is 24.0 Å². The van der Waals surface area contributed by atoms with Crippen LogP contribution in [0.25, 0.3) is 28.0 Å². The molecule has 0 aliphatic carbocycles. The summed E-state index contributed by atoms with van der Waals surface area (Å²) < 4.78 is 3.71. The van der Waals surface area contributed by atoms with Crippen LogP contribution in [-0.4, -0.2) is 44.6 Å². The van der Waals surface area contributed by atoms with Gasteiger partial charge in [0.15, 0.2) is 0 Å². The highest BCUT2D eigenvalue weighted by Crippen LogP contribution is 2.23. The first-order chi connectivity index (χ1) is 13.6. The number of nitrogens with zero attached hydrogens (tertiary/aromatic N) is 5. The molecule has 2 aromatic carbocycles. The molecule has 0 aliphatic heterocycles. The summed E-state index contributed by atoms with van der Waals surface area (Å²) in [5.41, 5.74) is 4.31. The van der Waals surface area contributed by atoms with Gasteiger partial charge in [-0.15, -0.1) is 0 Å². The fraction of sp³-hybridized carbons (Fsp3) is 0.227. The molecule has 142 valence electrons. The first kappa shape index (κ1) is 18.1. The van der Waals surface area contributed by atoms with E-state index in [4.69, 9.17) is 0 Å². The number of fused-ring (bicyclic) bond motifs is 1. The zero-order chi connectivity index (χ0) is 19.5. The van der Waals surface area contributed by atoms with Crippen molar-refractivity contribution >= 4 is 11.0 Å². The lowest BCUT2D eigenvalue weighted by atomic mass is 10.1. The molecule has 0 radical (unpaired) electrons. The van der Waals surface area contributed by atoms with E-state index in [1.807, 2.05) is 81.2 Å². The molecule has 2 aromatic heterocycles. The van der Waals surface area contributed by atoms with Gasteiger partial charge in [0.1, 0.15) is 6.33 Å². The Kier molecular flexibility index (Phi) is 5.04. The molecular formula is C22H23N5O. The monoisotopic (exact) mass is 373 g/mol. The van der Waals surface area contributed by atoms with Crippen LogP contribution >= 0.6 is 0 Å². The van der Waals surface area contributed by atoms with E-state index in [9.17, 15) is 4.79 Å². The van der Waals surface area contributed by atoms with Gasteiger partial charge in [0.25, 0.3) is 0 Å². The van der Waals surface area contributed by atoms with Crippen LogP contribution in [0.5, 0.6) is 0 Å². The highest BCUT2D eigenvalue weighted by Gasteiger charge is 2.08. The number of hydrogen-bond acceptors (Lipinski definition) is 4. The first-order valence-electron chi connectivity index (χ1n) is 9.37. The van der Waals surface area contributed by atoms with Crippen LogP contribution in [0, 0.1) is 0 Å². The van der Waals surface area contributed by atoms with Gasteiger partial charge in [-0.25, -0.2) is 9.78 Å². The van der Waals surface area contributed by atoms with Gasteiger partial charge in [-0.2, -0.15) is 4.98 Å². The summed E-state index contributed by atoms with van der Waals surface area (Å²) in [6.07, 6.45) is 4.56. The number of aryl methyl sites for hydroxylation is 1. The van der Waals surface area contributed by atoms with Crippen molar-refractivity contribution in [2.75, 3.05) is 20.6 Å². The third-order valence-corrected chi connectivity index (χ3v) is 4.76. The predicted octanol–water partition coefficient (Wildman–Crippen LogP) is 3.20. The van der Waals surface area contributed by atoms with Gasteiger partial charge in [0.05, 0.1) is 16.7 Å². The minimum atomic E-state index is -0.217. The highest BCUT2D eigenvalue weighted by molar-refractivity contribution is 5.82. The number of para-hydroxylation sites is 1. The second-order valence-corrected chi connectivity index (χ2v) is 7.10. The summed E-state index contributed by atoms with van der Waals surface area (Å²) in [6, 6.07) is 18.0. The molecule has 0 fully saturated rings. The number of benzene rings is 2. The van der Waals surface area contributed by atoms with Gasteiger partial charge in [0, 0.05) is 24.0 Å². The molecule has 0 saturated heterocycles. The minimum absolute atomic E-state index is 0.217. The van der Waals surface area contributed by atoms with E-state index < -0.39 is 0 Å². The Morgan fingerprint density at radius 2 is 1.86 bits per heavy atom. The van der Waals surface area contributed by atoms with E-state index in [0.717, 1.165) is 35.2 Å². The minimum Gasteiger partial charge on any atom is -0.309 e. The summed E-state index contributed by atoms with van der Waals surface area (Å²) in [5.74, 6) is 0. The van der Waals surface area contributed by atoms with E-state index in [0.29, 0.717) is 12.2 Å². The van der Waals surface area contributed by atoms with Crippen LogP contribution in [0.4, 0.5) is 0 Å². The number of rotatable bonds is 6. The summed E-state index contributed by atoms with van der Waals surface area (Å²) in [7, 11) is 4.05. The van der Waals surface area contributed by atoms with Crippen LogP contribution in [0.2, 0.25) is 0 Å². The quantitative estimate of drug-likeness (QED) is 0.521. The van der Waals surface area contributed by atoms with Crippen LogP contribution in [0.3, 0.4) is 0 Å². The van der Waals surface area contributed by atoms with Crippen molar-refractivity contribution in [3.63, 3.8) is 0 Å². The van der Waals surface area contributed by atoms with Crippen molar-refractivity contribution in [3.05, 3.63) is 77.6 Å². The average molecular weight is 373 g/mol. The molecule has 28 heavy (non-hydrogen) atoms. The molecular weight excluding hydrogens is 350 g/mol. The molecule has 0 spiro atoms. The molecule has 2 heterocycles. The van der Waals surface area contributed by atoms with Crippen molar-refractivity contribution in [1.29, 1.82) is 0 Å². The number of aromatic nitrogens is 4. The maximum atomic E-state index is 12.4. The fourth-order valence-electron chi connectivity index (χ4n) is 3.28. The summed E-state index contributed by atoms with van der Waals surface area (Å²) >= 11 is 0. The summed E-state index contributed by atoms with van der Waals surface area (Å²) in [4.78, 5) is 23.3. The fourth-order valence-corrected chi connectivity index (χ4v) is 3.28. The molecule has 0 N–H and O–H groups in total. The highest BCUT2D eigenvalue weighted by atomic mass is 16.1. The van der Waals surface area contributed by atoms with Crippen LogP contribution in [-0.2, 0) is 6.54 Å². The normalized spacial score (nSPS) is 11.4. The third kappa shape index (κ3) is 3.73. The second kappa shape index (κ2) is 7.78. The summed E-state index contributed by atoms with van der Waals surface area (Å²) in [6.45, 7) is 1.61. The zero-order valence-electron chi connectivity index (χ0n) is 16.1. The molecule has 0 atom stereocenters. The topological polar surface area (TPSA) is 56.0 Å². The molecule has 0 amide bonds. The third-order valence-electron chi connectivity index (χ3n) is 4.76. The molecule has 0 unspecified atom stereocenters. The predicted molar refractivity (Wildman–Crippen MR) is 112 cm³/mol. The number of imidazole rings is 1. The average Bonchev–Trinajstić information content (AvgIpc) is 3.13. The second-order valence-electron chi connectivity index (χ2n) is 7.10. The van der Waals surface area contributed by atoms with Gasteiger partial charge in [-0.05, 0) is 57.4 Å². The van der Waals surface area contributed by atoms with Crippen molar-refractivity contribution in [2.24, 2.45) is 0 Å². The Labute approximate surface area is 163 Å². The van der Waals surface area contributed by atoms with E-state index in [1.54, 1.807) is 4.57 Å². The smallest absolute Gasteiger partial charge is 0.309 e. The van der Waals surface area contributed by atoms with Crippen LogP contribution < -0.4 is 5.69 Å². The Hall–Kier alpha value is -3.25. The Morgan fingerprint density at radius 1 is 1.04 bits per heavy atom. The van der Waals surface area contributed by atoms with Crippen molar-refractivity contribution < 1.29 is 0 Å². The van der Waals surface area contributed by atoms with E-state index in [1.165, 1.54) is 0 Å². The molecule has 4 rings (SSSR count). The largest absolute Gasteiger partial charge is 0.348 e. The maximum Gasteiger partial charge on any atom is 0.348 e. The van der Waals surface area contributed by atoms with E-state index >= 15 is 0 Å². The molecule has 4 aromatic rings. The van der Waals surface area contributed by atoms with Gasteiger partial charge in [-0.1, -0.05) is 24.3 Å². The zero-order valence-corrected chi connectivity index (χ0v) is 16.1. The van der Waals surface area contributed by atoms with Crippen LogP contribution in [0.15, 0.2) is 71.9 Å². The van der Waals surface area contributed by atoms with Crippen LogP contribution in [0.1, 0.15) is 6.42 Å². The lowest BCUT2D eigenvalue weighted by Gasteiger charge is -2.10. The van der Waals surface area contributed by atoms with E-state index in [2.05, 4.69) is 19.4 Å². The molecule has 0 aliphatic rings. The molecule has 6 heteroatoms. The lowest BCUT2D eigenvalue weighted by molar-refractivity contribution is 0.384. The van der Waals surface area contributed by atoms with E-state index in [-0.39, 0.29) is 5.69 Å². The Bertz CT molecular complexity index is 1140. The van der Waals surface area contributed by atoms with Crippen molar-refractivity contribution in [3.8, 4) is 16.9 Å². The van der Waals surface area contributed by atoms with Crippen molar-refractivity contribution in [2.45, 2.75) is 13.0 Å². The lowest BCUT2D eigenvalue weighted by Crippen LogP contribution is -2.24. The first-order valence-corrected chi connectivity index (χ1v) is 9.37. The van der Waals surface area contributed by atoms with Gasteiger partial charge in [0.2, 0.25) is 0 Å². The Balaban J connectivity index is 1.61. The SMILES string of the molecule is CN(C)CCCn1ccc(-c2ccc3c(c2)ncn3-c2ccccc2)nc1=O. The Morgan fingerprint density at radius 3 is 2.61 bits per heavy atom. The molecule has 0 bridgehead atoms. The standard InChI is InChI=1S/C22H23N5O/c1-25(2)12-6-13-26-14-11-19(24-22(26)28)17-9-10-21-20(15-17)23-16-27(21)18-7-4-3-5-8-18/h3-5,7-11,14-16H,6,12-13H2,1-2H3. The molecule has 0 saturated carbocycles. The summed E-state index contributed by atoms with van der Waals surface area (Å²) in [5, 5.41) is 0. The van der Waals surface area contributed by atoms with Gasteiger partial charge < -0.3 is 4.90 Å². The van der Waals surface area contributed by atoms with Gasteiger partial charge in [-0.3, -0.25) is 9.13 Å². The number of hydrogen-bond donors (Lipinski definition) is 0. The van der Waals surface area contributed by atoms with Gasteiger partial charge >= 0.3 is 5.69 Å². The molecule has 6 nitrogen and oxygen atoms in total.